The summed E-state index contributed by atoms with van der Waals surface area (Å²) in [7, 11) is 0. The van der Waals surface area contributed by atoms with Gasteiger partial charge in [0.15, 0.2) is 19.0 Å². The van der Waals surface area contributed by atoms with Crippen LogP contribution < -0.4 is 10.1 Å². The number of hydrogen-bond acceptors (Lipinski definition) is 5. The molecule has 0 aromatic heterocycles. The van der Waals surface area contributed by atoms with E-state index in [0.29, 0.717) is 16.9 Å². The fraction of sp³-hybridized carbons (Fsp3) is 0.160. The summed E-state index contributed by atoms with van der Waals surface area (Å²) >= 11 is 0. The summed E-state index contributed by atoms with van der Waals surface area (Å²) in [6.07, 6.45) is 0. The molecule has 0 heterocycles. The molecule has 1 amide bonds. The maximum atomic E-state index is 12.4. The summed E-state index contributed by atoms with van der Waals surface area (Å²) in [5, 5.41) is 2.77. The fourth-order valence-corrected chi connectivity index (χ4v) is 2.90. The first-order valence-electron chi connectivity index (χ1n) is 9.85. The molecule has 6 heteroatoms. The van der Waals surface area contributed by atoms with Crippen molar-refractivity contribution in [3.8, 4) is 5.75 Å². The van der Waals surface area contributed by atoms with Gasteiger partial charge >= 0.3 is 5.97 Å². The van der Waals surface area contributed by atoms with Crippen molar-refractivity contribution in [2.45, 2.75) is 13.0 Å². The van der Waals surface area contributed by atoms with Crippen LogP contribution in [0, 0.1) is 0 Å². The summed E-state index contributed by atoms with van der Waals surface area (Å²) in [5.41, 5.74) is 2.07. The van der Waals surface area contributed by atoms with Crippen molar-refractivity contribution >= 4 is 17.7 Å². The molecule has 6 nitrogen and oxygen atoms in total. The highest BCUT2D eigenvalue weighted by atomic mass is 16.6. The van der Waals surface area contributed by atoms with E-state index in [9.17, 15) is 14.4 Å². The minimum atomic E-state index is -0.660. The average molecular weight is 417 g/mol. The van der Waals surface area contributed by atoms with Gasteiger partial charge in [0.05, 0.1) is 6.04 Å². The second-order valence-corrected chi connectivity index (χ2v) is 6.87. The molecule has 0 unspecified atom stereocenters. The highest BCUT2D eigenvalue weighted by molar-refractivity contribution is 6.08. The van der Waals surface area contributed by atoms with Crippen LogP contribution >= 0.6 is 0 Å². The largest absolute Gasteiger partial charge is 0.482 e. The minimum absolute atomic E-state index is 0.0951. The number of rotatable bonds is 9. The van der Waals surface area contributed by atoms with E-state index in [2.05, 4.69) is 5.32 Å². The Morgan fingerprint density at radius 2 is 1.35 bits per heavy atom. The molecule has 31 heavy (non-hydrogen) atoms. The number of esters is 1. The number of ether oxygens (including phenoxy) is 2. The van der Waals surface area contributed by atoms with E-state index in [-0.39, 0.29) is 25.0 Å². The van der Waals surface area contributed by atoms with Gasteiger partial charge in [0.25, 0.3) is 5.91 Å². The molecule has 158 valence electrons. The number of ketones is 1. The fourth-order valence-electron chi connectivity index (χ4n) is 2.90. The van der Waals surface area contributed by atoms with Crippen LogP contribution in [0.3, 0.4) is 0 Å². The molecule has 0 fully saturated rings. The van der Waals surface area contributed by atoms with Gasteiger partial charge in [0.1, 0.15) is 5.75 Å². The van der Waals surface area contributed by atoms with E-state index in [1.54, 1.807) is 48.5 Å². The average Bonchev–Trinajstić information content (AvgIpc) is 2.82. The number of benzene rings is 3. The minimum Gasteiger partial charge on any atom is -0.482 e. The molecule has 0 aliphatic heterocycles. The van der Waals surface area contributed by atoms with Gasteiger partial charge in [0.2, 0.25) is 0 Å². The molecule has 1 atom stereocenters. The maximum absolute atomic E-state index is 12.4. The van der Waals surface area contributed by atoms with E-state index in [4.69, 9.17) is 9.47 Å². The smallest absolute Gasteiger partial charge is 0.344 e. The van der Waals surface area contributed by atoms with Gasteiger partial charge in [-0.25, -0.2) is 4.79 Å². The zero-order valence-electron chi connectivity index (χ0n) is 17.1. The molecule has 0 radical (unpaired) electrons. The van der Waals surface area contributed by atoms with Crippen molar-refractivity contribution in [3.63, 3.8) is 0 Å². The summed E-state index contributed by atoms with van der Waals surface area (Å²) in [4.78, 5) is 36.2. The first-order chi connectivity index (χ1) is 15.0. The number of hydrogen-bond donors (Lipinski definition) is 1. The topological polar surface area (TPSA) is 81.7 Å². The lowest BCUT2D eigenvalue weighted by Crippen LogP contribution is -2.31. The van der Waals surface area contributed by atoms with Crippen LogP contribution in [0.5, 0.6) is 5.75 Å². The Morgan fingerprint density at radius 3 is 2.00 bits per heavy atom. The van der Waals surface area contributed by atoms with E-state index in [1.165, 1.54) is 0 Å². The maximum Gasteiger partial charge on any atom is 0.344 e. The molecule has 0 bridgehead atoms. The second kappa shape index (κ2) is 10.7. The van der Waals surface area contributed by atoms with Crippen LogP contribution in [-0.2, 0) is 14.3 Å². The molecule has 3 aromatic carbocycles. The van der Waals surface area contributed by atoms with Crippen molar-refractivity contribution in [1.29, 1.82) is 0 Å². The van der Waals surface area contributed by atoms with Crippen molar-refractivity contribution in [3.05, 3.63) is 102 Å². The van der Waals surface area contributed by atoms with Crippen LogP contribution in [0.1, 0.15) is 34.5 Å². The molecule has 0 saturated carbocycles. The summed E-state index contributed by atoms with van der Waals surface area (Å²) in [6, 6.07) is 24.7. The Morgan fingerprint density at radius 1 is 0.774 bits per heavy atom. The predicted molar refractivity (Wildman–Crippen MR) is 116 cm³/mol. The van der Waals surface area contributed by atoms with Gasteiger partial charge in [-0.1, -0.05) is 60.7 Å². The van der Waals surface area contributed by atoms with Crippen LogP contribution in [-0.4, -0.2) is 30.9 Å². The van der Waals surface area contributed by atoms with Gasteiger partial charge in [-0.3, -0.25) is 9.59 Å². The zero-order valence-corrected chi connectivity index (χ0v) is 17.1. The Kier molecular flexibility index (Phi) is 7.54. The van der Waals surface area contributed by atoms with E-state index in [1.807, 2.05) is 43.3 Å². The lowest BCUT2D eigenvalue weighted by Gasteiger charge is -2.14. The van der Waals surface area contributed by atoms with Crippen molar-refractivity contribution < 1.29 is 23.9 Å². The molecule has 0 aliphatic carbocycles. The Hall–Kier alpha value is -3.93. The highest BCUT2D eigenvalue weighted by Gasteiger charge is 2.13. The van der Waals surface area contributed by atoms with E-state index < -0.39 is 11.9 Å². The van der Waals surface area contributed by atoms with Crippen molar-refractivity contribution in [2.24, 2.45) is 0 Å². The normalized spacial score (nSPS) is 11.3. The molecule has 0 saturated heterocycles. The van der Waals surface area contributed by atoms with Gasteiger partial charge in [0, 0.05) is 11.1 Å². The van der Waals surface area contributed by atoms with Gasteiger partial charge in [-0.15, -0.1) is 0 Å². The number of carbonyl (C=O) groups is 3. The first kappa shape index (κ1) is 21.8. The molecule has 0 spiro atoms. The number of amides is 1. The first-order valence-corrected chi connectivity index (χ1v) is 9.85. The Labute approximate surface area is 180 Å². The van der Waals surface area contributed by atoms with Crippen LogP contribution in [0.25, 0.3) is 0 Å². The quantitative estimate of drug-likeness (QED) is 0.424. The van der Waals surface area contributed by atoms with Crippen molar-refractivity contribution in [2.75, 3.05) is 13.2 Å². The van der Waals surface area contributed by atoms with Crippen molar-refractivity contribution in [1.82, 2.24) is 5.32 Å². The van der Waals surface area contributed by atoms with Crippen LogP contribution in [0.4, 0.5) is 0 Å². The number of carbonyl (C=O) groups excluding carboxylic acids is 3. The molecular formula is C25H23NO5. The monoisotopic (exact) mass is 417 g/mol. The van der Waals surface area contributed by atoms with Crippen LogP contribution in [0.2, 0.25) is 0 Å². The molecule has 1 N–H and O–H groups in total. The Balaban J connectivity index is 1.41. The lowest BCUT2D eigenvalue weighted by molar-refractivity contribution is -0.150. The zero-order chi connectivity index (χ0) is 22.1. The summed E-state index contributed by atoms with van der Waals surface area (Å²) in [5.74, 6) is -0.730. The third-order valence-corrected chi connectivity index (χ3v) is 4.55. The van der Waals surface area contributed by atoms with Gasteiger partial charge in [-0.2, -0.15) is 0 Å². The second-order valence-electron chi connectivity index (χ2n) is 6.87. The highest BCUT2D eigenvalue weighted by Crippen LogP contribution is 2.15. The molecular weight excluding hydrogens is 394 g/mol. The molecule has 3 rings (SSSR count). The van der Waals surface area contributed by atoms with Crippen LogP contribution in [0.15, 0.2) is 84.9 Å². The van der Waals surface area contributed by atoms with E-state index in [0.717, 1.165) is 5.56 Å². The third-order valence-electron chi connectivity index (χ3n) is 4.55. The standard InChI is InChI=1S/C25H23NO5/c1-18(19-8-4-2-5-9-19)26-23(27)16-31-24(28)17-30-22-14-12-21(13-15-22)25(29)20-10-6-3-7-11-20/h2-15,18H,16-17H2,1H3,(H,26,27)/t18-/m1/s1. The van der Waals surface area contributed by atoms with E-state index >= 15 is 0 Å². The SMILES string of the molecule is C[C@@H](NC(=O)COC(=O)COc1ccc(C(=O)c2ccccc2)cc1)c1ccccc1. The van der Waals surface area contributed by atoms with Gasteiger partial charge in [-0.05, 0) is 36.8 Å². The molecule has 3 aromatic rings. The summed E-state index contributed by atoms with van der Waals surface area (Å²) in [6.45, 7) is 1.13. The third kappa shape index (κ3) is 6.54. The predicted octanol–water partition coefficient (Wildman–Crippen LogP) is 3.72. The summed E-state index contributed by atoms with van der Waals surface area (Å²) < 4.78 is 10.3. The molecule has 0 aliphatic rings. The number of nitrogens with one attached hydrogen (secondary N) is 1. The lowest BCUT2D eigenvalue weighted by atomic mass is 10.0. The Bertz CT molecular complexity index is 1020. The van der Waals surface area contributed by atoms with Gasteiger partial charge < -0.3 is 14.8 Å².